The number of ether oxygens (including phenoxy) is 1. The second-order valence-electron chi connectivity index (χ2n) is 6.50. The van der Waals surface area contributed by atoms with Crippen molar-refractivity contribution in [2.75, 3.05) is 32.8 Å². The van der Waals surface area contributed by atoms with Crippen LogP contribution in [0.5, 0.6) is 0 Å². The summed E-state index contributed by atoms with van der Waals surface area (Å²) in [5.74, 6) is 0. The first-order valence-corrected chi connectivity index (χ1v) is 8.06. The summed E-state index contributed by atoms with van der Waals surface area (Å²) >= 11 is 0. The SMILES string of the molecule is CCN(Cc1ccncc1)CC1(CNC(C)C)CCOC1. The first-order valence-electron chi connectivity index (χ1n) is 8.06. The molecule has 1 aromatic heterocycles. The van der Waals surface area contributed by atoms with E-state index in [9.17, 15) is 0 Å². The second-order valence-corrected chi connectivity index (χ2v) is 6.50. The van der Waals surface area contributed by atoms with Crippen LogP contribution in [0.25, 0.3) is 0 Å². The van der Waals surface area contributed by atoms with Gasteiger partial charge in [0.2, 0.25) is 0 Å². The Kier molecular flexibility index (Phi) is 6.15. The molecule has 118 valence electrons. The van der Waals surface area contributed by atoms with E-state index in [1.807, 2.05) is 12.4 Å². The molecule has 2 rings (SSSR count). The van der Waals surface area contributed by atoms with E-state index in [4.69, 9.17) is 4.74 Å². The first-order chi connectivity index (χ1) is 10.1. The topological polar surface area (TPSA) is 37.4 Å². The van der Waals surface area contributed by atoms with Crippen molar-refractivity contribution in [3.8, 4) is 0 Å². The summed E-state index contributed by atoms with van der Waals surface area (Å²) in [6.45, 7) is 12.6. The highest BCUT2D eigenvalue weighted by Gasteiger charge is 2.36. The van der Waals surface area contributed by atoms with E-state index in [0.717, 1.165) is 45.8 Å². The highest BCUT2D eigenvalue weighted by Crippen LogP contribution is 2.29. The van der Waals surface area contributed by atoms with Gasteiger partial charge in [-0.3, -0.25) is 9.88 Å². The molecule has 2 heterocycles. The maximum absolute atomic E-state index is 5.71. The fourth-order valence-corrected chi connectivity index (χ4v) is 2.89. The average Bonchev–Trinajstić information content (AvgIpc) is 2.94. The fraction of sp³-hybridized carbons (Fsp3) is 0.706. The summed E-state index contributed by atoms with van der Waals surface area (Å²) in [4.78, 5) is 6.62. The highest BCUT2D eigenvalue weighted by molar-refractivity contribution is 5.09. The molecule has 0 bridgehead atoms. The number of hydrogen-bond acceptors (Lipinski definition) is 4. The first kappa shape index (κ1) is 16.4. The molecule has 1 N–H and O–H groups in total. The van der Waals surface area contributed by atoms with Gasteiger partial charge in [-0.05, 0) is 30.7 Å². The molecule has 1 aliphatic rings. The molecule has 1 aliphatic heterocycles. The van der Waals surface area contributed by atoms with Crippen LogP contribution < -0.4 is 5.32 Å². The van der Waals surface area contributed by atoms with Crippen molar-refractivity contribution in [3.05, 3.63) is 30.1 Å². The van der Waals surface area contributed by atoms with Crippen molar-refractivity contribution in [1.29, 1.82) is 0 Å². The summed E-state index contributed by atoms with van der Waals surface area (Å²) in [5.41, 5.74) is 1.59. The van der Waals surface area contributed by atoms with Crippen LogP contribution in [0.3, 0.4) is 0 Å². The van der Waals surface area contributed by atoms with E-state index >= 15 is 0 Å². The zero-order valence-corrected chi connectivity index (χ0v) is 13.6. The van der Waals surface area contributed by atoms with Crippen LogP contribution in [0, 0.1) is 5.41 Å². The van der Waals surface area contributed by atoms with Crippen molar-refractivity contribution < 1.29 is 4.74 Å². The molecule has 1 saturated heterocycles. The van der Waals surface area contributed by atoms with Gasteiger partial charge < -0.3 is 10.1 Å². The van der Waals surface area contributed by atoms with Crippen LogP contribution in [0.4, 0.5) is 0 Å². The van der Waals surface area contributed by atoms with Crippen molar-refractivity contribution in [3.63, 3.8) is 0 Å². The maximum atomic E-state index is 5.71. The van der Waals surface area contributed by atoms with Gasteiger partial charge in [-0.15, -0.1) is 0 Å². The lowest BCUT2D eigenvalue weighted by molar-refractivity contribution is 0.106. The van der Waals surface area contributed by atoms with Gasteiger partial charge in [0.1, 0.15) is 0 Å². The number of aromatic nitrogens is 1. The van der Waals surface area contributed by atoms with E-state index in [1.165, 1.54) is 5.56 Å². The standard InChI is InChI=1S/C17H29N3O/c1-4-20(11-16-5-8-18-9-6-16)13-17(7-10-21-14-17)12-19-15(2)3/h5-6,8-9,15,19H,4,7,10-14H2,1-3H3. The molecule has 0 spiro atoms. The lowest BCUT2D eigenvalue weighted by Gasteiger charge is -2.34. The zero-order chi connectivity index (χ0) is 15.1. The van der Waals surface area contributed by atoms with Gasteiger partial charge in [0.15, 0.2) is 0 Å². The van der Waals surface area contributed by atoms with Crippen LogP contribution in [0.2, 0.25) is 0 Å². The fourth-order valence-electron chi connectivity index (χ4n) is 2.89. The van der Waals surface area contributed by atoms with Crippen molar-refractivity contribution in [2.45, 2.75) is 39.8 Å². The predicted octanol–water partition coefficient (Wildman–Crippen LogP) is 2.31. The van der Waals surface area contributed by atoms with Gasteiger partial charge >= 0.3 is 0 Å². The molecule has 1 unspecified atom stereocenters. The lowest BCUT2D eigenvalue weighted by Crippen LogP contribution is -2.46. The second kappa shape index (κ2) is 7.87. The molecule has 1 atom stereocenters. The molecule has 0 saturated carbocycles. The smallest absolute Gasteiger partial charge is 0.0547 e. The normalized spacial score (nSPS) is 22.3. The monoisotopic (exact) mass is 291 g/mol. The lowest BCUT2D eigenvalue weighted by atomic mass is 9.86. The van der Waals surface area contributed by atoms with E-state index in [-0.39, 0.29) is 5.41 Å². The Morgan fingerprint density at radius 3 is 2.71 bits per heavy atom. The summed E-state index contributed by atoms with van der Waals surface area (Å²) in [6, 6.07) is 4.73. The number of pyridine rings is 1. The number of rotatable bonds is 8. The quantitative estimate of drug-likeness (QED) is 0.797. The zero-order valence-electron chi connectivity index (χ0n) is 13.6. The number of nitrogens with zero attached hydrogens (tertiary/aromatic N) is 2. The van der Waals surface area contributed by atoms with Gasteiger partial charge in [0.25, 0.3) is 0 Å². The highest BCUT2D eigenvalue weighted by atomic mass is 16.5. The molecular weight excluding hydrogens is 262 g/mol. The van der Waals surface area contributed by atoms with Gasteiger partial charge in [0, 0.05) is 50.1 Å². The van der Waals surface area contributed by atoms with Crippen LogP contribution in [0.1, 0.15) is 32.8 Å². The maximum Gasteiger partial charge on any atom is 0.0547 e. The minimum Gasteiger partial charge on any atom is -0.381 e. The van der Waals surface area contributed by atoms with Crippen LogP contribution in [-0.4, -0.2) is 48.8 Å². The van der Waals surface area contributed by atoms with Crippen LogP contribution in [-0.2, 0) is 11.3 Å². The molecule has 4 nitrogen and oxygen atoms in total. The van der Waals surface area contributed by atoms with Gasteiger partial charge in [-0.2, -0.15) is 0 Å². The molecule has 1 fully saturated rings. The summed E-state index contributed by atoms with van der Waals surface area (Å²) in [7, 11) is 0. The van der Waals surface area contributed by atoms with E-state index in [2.05, 4.69) is 48.1 Å². The average molecular weight is 291 g/mol. The van der Waals surface area contributed by atoms with Crippen LogP contribution in [0.15, 0.2) is 24.5 Å². The third-order valence-electron chi connectivity index (χ3n) is 4.23. The number of hydrogen-bond donors (Lipinski definition) is 1. The molecular formula is C17H29N3O. The Labute approximate surface area is 128 Å². The van der Waals surface area contributed by atoms with Crippen molar-refractivity contribution in [1.82, 2.24) is 15.2 Å². The molecule has 0 aliphatic carbocycles. The third kappa shape index (κ3) is 5.06. The molecule has 4 heteroatoms. The Hall–Kier alpha value is -0.970. The van der Waals surface area contributed by atoms with Gasteiger partial charge in [-0.25, -0.2) is 0 Å². The molecule has 0 radical (unpaired) electrons. The Morgan fingerprint density at radius 2 is 2.14 bits per heavy atom. The molecule has 0 amide bonds. The Balaban J connectivity index is 1.96. The van der Waals surface area contributed by atoms with Gasteiger partial charge in [-0.1, -0.05) is 20.8 Å². The largest absolute Gasteiger partial charge is 0.381 e. The minimum atomic E-state index is 0.257. The summed E-state index contributed by atoms with van der Waals surface area (Å²) in [6.07, 6.45) is 4.90. The van der Waals surface area contributed by atoms with E-state index in [0.29, 0.717) is 6.04 Å². The molecule has 21 heavy (non-hydrogen) atoms. The number of nitrogens with one attached hydrogen (secondary N) is 1. The van der Waals surface area contributed by atoms with E-state index < -0.39 is 0 Å². The predicted molar refractivity (Wildman–Crippen MR) is 86.2 cm³/mol. The van der Waals surface area contributed by atoms with E-state index in [1.54, 1.807) is 0 Å². The Bertz CT molecular complexity index is 402. The van der Waals surface area contributed by atoms with Crippen LogP contribution >= 0.6 is 0 Å². The minimum absolute atomic E-state index is 0.257. The van der Waals surface area contributed by atoms with Crippen molar-refractivity contribution in [2.24, 2.45) is 5.41 Å². The van der Waals surface area contributed by atoms with Crippen molar-refractivity contribution >= 4 is 0 Å². The molecule has 0 aromatic carbocycles. The third-order valence-corrected chi connectivity index (χ3v) is 4.23. The summed E-state index contributed by atoms with van der Waals surface area (Å²) < 4.78 is 5.71. The Morgan fingerprint density at radius 1 is 1.38 bits per heavy atom. The van der Waals surface area contributed by atoms with Gasteiger partial charge in [0.05, 0.1) is 6.61 Å². The summed E-state index contributed by atoms with van der Waals surface area (Å²) in [5, 5.41) is 3.60. The molecule has 1 aromatic rings.